The Kier molecular flexibility index (Phi) is 4.53. The Bertz CT molecular complexity index is 932. The lowest BCUT2D eigenvalue weighted by atomic mass is 9.81. The van der Waals surface area contributed by atoms with Crippen molar-refractivity contribution in [3.05, 3.63) is 34.7 Å². The Morgan fingerprint density at radius 1 is 1.07 bits per heavy atom. The van der Waals surface area contributed by atoms with Crippen LogP contribution in [-0.2, 0) is 11.3 Å². The van der Waals surface area contributed by atoms with Gasteiger partial charge in [0.15, 0.2) is 0 Å². The molecule has 0 bridgehead atoms. The third-order valence-corrected chi connectivity index (χ3v) is 6.23. The van der Waals surface area contributed by atoms with Crippen LogP contribution in [0.25, 0.3) is 11.0 Å². The van der Waals surface area contributed by atoms with Crippen LogP contribution in [0.4, 0.5) is 4.79 Å². The Balaban J connectivity index is 1.72. The van der Waals surface area contributed by atoms with E-state index in [0.29, 0.717) is 30.8 Å². The van der Waals surface area contributed by atoms with Crippen molar-refractivity contribution in [2.24, 2.45) is 11.7 Å². The molecule has 0 atom stereocenters. The third kappa shape index (κ3) is 3.05. The minimum absolute atomic E-state index is 0.351. The zero-order valence-electron chi connectivity index (χ0n) is 15.4. The number of amides is 2. The molecule has 2 saturated carbocycles. The minimum atomic E-state index is -1.06. The monoisotopic (exact) mass is 370 g/mol. The highest BCUT2D eigenvalue weighted by Gasteiger charge is 2.40. The van der Waals surface area contributed by atoms with Crippen molar-refractivity contribution in [3.63, 3.8) is 0 Å². The fourth-order valence-electron chi connectivity index (χ4n) is 4.36. The van der Waals surface area contributed by atoms with Gasteiger partial charge < -0.3 is 11.1 Å². The maximum absolute atomic E-state index is 13.1. The van der Waals surface area contributed by atoms with Gasteiger partial charge in [-0.2, -0.15) is 0 Å². The van der Waals surface area contributed by atoms with E-state index in [1.54, 1.807) is 10.6 Å². The van der Waals surface area contributed by atoms with Crippen LogP contribution in [0.3, 0.4) is 0 Å². The third-order valence-electron chi connectivity index (χ3n) is 6.23. The van der Waals surface area contributed by atoms with Gasteiger partial charge in [0.25, 0.3) is 0 Å². The summed E-state index contributed by atoms with van der Waals surface area (Å²) in [5, 5.41) is 2.81. The first-order chi connectivity index (χ1) is 13.0. The summed E-state index contributed by atoms with van der Waals surface area (Å²) >= 11 is 0. The van der Waals surface area contributed by atoms with Crippen LogP contribution in [0.2, 0.25) is 0 Å². The molecule has 0 saturated heterocycles. The fraction of sp³-hybridized carbons (Fsp3) is 0.550. The van der Waals surface area contributed by atoms with Crippen LogP contribution in [0, 0.1) is 5.92 Å². The number of nitrogens with two attached hydrogens (primary N) is 1. The van der Waals surface area contributed by atoms with Gasteiger partial charge in [-0.1, -0.05) is 37.8 Å². The second-order valence-corrected chi connectivity index (χ2v) is 7.95. The lowest BCUT2D eigenvalue weighted by molar-refractivity contribution is -0.125. The molecule has 2 aromatic rings. The van der Waals surface area contributed by atoms with Gasteiger partial charge in [0.05, 0.1) is 11.0 Å². The Morgan fingerprint density at radius 2 is 1.74 bits per heavy atom. The lowest BCUT2D eigenvalue weighted by Gasteiger charge is -2.34. The van der Waals surface area contributed by atoms with E-state index < -0.39 is 17.5 Å². The molecular weight excluding hydrogens is 344 g/mol. The molecule has 27 heavy (non-hydrogen) atoms. The number of rotatable bonds is 4. The van der Waals surface area contributed by atoms with E-state index >= 15 is 0 Å². The Labute approximate surface area is 157 Å². The summed E-state index contributed by atoms with van der Waals surface area (Å²) in [6.07, 6.45) is 7.15. The average molecular weight is 370 g/mol. The maximum atomic E-state index is 13.1. The first-order valence-corrected chi connectivity index (χ1v) is 9.84. The SMILES string of the molecule is NC(=O)C1(NC(=O)n2c(=O)n(CC3CCC3)c3ccccc32)CCCCC1. The van der Waals surface area contributed by atoms with Crippen LogP contribution < -0.4 is 16.7 Å². The zero-order chi connectivity index (χ0) is 19.0. The van der Waals surface area contributed by atoms with Gasteiger partial charge in [0.1, 0.15) is 5.54 Å². The number of primary amides is 1. The lowest BCUT2D eigenvalue weighted by Crippen LogP contribution is -2.60. The van der Waals surface area contributed by atoms with Gasteiger partial charge in [0, 0.05) is 6.54 Å². The van der Waals surface area contributed by atoms with E-state index in [4.69, 9.17) is 5.73 Å². The Morgan fingerprint density at radius 3 is 2.33 bits per heavy atom. The van der Waals surface area contributed by atoms with Crippen molar-refractivity contribution in [3.8, 4) is 0 Å². The number of para-hydroxylation sites is 2. The molecule has 7 heteroatoms. The molecule has 2 amide bonds. The van der Waals surface area contributed by atoms with E-state index in [1.807, 2.05) is 18.2 Å². The van der Waals surface area contributed by atoms with Crippen LogP contribution in [0.5, 0.6) is 0 Å². The van der Waals surface area contributed by atoms with Crippen molar-refractivity contribution in [1.29, 1.82) is 0 Å². The highest BCUT2D eigenvalue weighted by atomic mass is 16.2. The molecule has 2 aliphatic rings. The number of hydrogen-bond donors (Lipinski definition) is 2. The summed E-state index contributed by atoms with van der Waals surface area (Å²) in [5.41, 5.74) is 5.53. The maximum Gasteiger partial charge on any atom is 0.337 e. The Hall–Kier alpha value is -2.57. The standard InChI is InChI=1S/C20H26N4O3/c21-17(25)20(11-4-1-5-12-20)22-18(26)24-16-10-3-2-9-15(16)23(19(24)27)13-14-7-6-8-14/h2-3,9-10,14H,1,4-8,11-13H2,(H2,21,25)(H,22,26). The molecular formula is C20H26N4O3. The van der Waals surface area contributed by atoms with Crippen LogP contribution >= 0.6 is 0 Å². The van der Waals surface area contributed by atoms with Gasteiger partial charge >= 0.3 is 11.7 Å². The van der Waals surface area contributed by atoms with E-state index in [-0.39, 0.29) is 5.69 Å². The number of fused-ring (bicyclic) bond motifs is 1. The van der Waals surface area contributed by atoms with Crippen molar-refractivity contribution in [2.75, 3.05) is 0 Å². The topological polar surface area (TPSA) is 99.1 Å². The van der Waals surface area contributed by atoms with Gasteiger partial charge in [0.2, 0.25) is 5.91 Å². The number of benzene rings is 1. The normalized spacial score (nSPS) is 19.6. The average Bonchev–Trinajstić information content (AvgIpc) is 2.90. The molecule has 0 unspecified atom stereocenters. The fourth-order valence-corrected chi connectivity index (χ4v) is 4.36. The molecule has 2 aliphatic carbocycles. The summed E-state index contributed by atoms with van der Waals surface area (Å²) in [5.74, 6) is -0.0397. The molecule has 1 aromatic heterocycles. The van der Waals surface area contributed by atoms with Crippen LogP contribution in [0.15, 0.2) is 29.1 Å². The molecule has 4 rings (SSSR count). The quantitative estimate of drug-likeness (QED) is 0.864. The summed E-state index contributed by atoms with van der Waals surface area (Å²) in [6, 6.07) is 6.75. The number of carbonyl (C=O) groups is 2. The number of nitrogens with one attached hydrogen (secondary N) is 1. The largest absolute Gasteiger partial charge is 0.368 e. The molecule has 7 nitrogen and oxygen atoms in total. The molecule has 1 heterocycles. The van der Waals surface area contributed by atoms with Gasteiger partial charge in [-0.3, -0.25) is 9.36 Å². The second kappa shape index (κ2) is 6.87. The highest BCUT2D eigenvalue weighted by molar-refractivity contribution is 5.94. The number of nitrogens with zero attached hydrogens (tertiary/aromatic N) is 2. The molecule has 0 radical (unpaired) electrons. The summed E-state index contributed by atoms with van der Waals surface area (Å²) in [7, 11) is 0. The number of aromatic nitrogens is 2. The van der Waals surface area contributed by atoms with Gasteiger partial charge in [-0.05, 0) is 43.7 Å². The minimum Gasteiger partial charge on any atom is -0.368 e. The van der Waals surface area contributed by atoms with Crippen LogP contribution in [-0.4, -0.2) is 26.6 Å². The summed E-state index contributed by atoms with van der Waals surface area (Å²) in [6.45, 7) is 0.626. The molecule has 1 aromatic carbocycles. The second-order valence-electron chi connectivity index (χ2n) is 7.95. The van der Waals surface area contributed by atoms with Crippen molar-refractivity contribution < 1.29 is 9.59 Å². The van der Waals surface area contributed by atoms with E-state index in [1.165, 1.54) is 6.42 Å². The van der Waals surface area contributed by atoms with Crippen molar-refractivity contribution >= 4 is 23.0 Å². The smallest absolute Gasteiger partial charge is 0.337 e. The van der Waals surface area contributed by atoms with E-state index in [2.05, 4.69) is 5.32 Å². The number of imidazole rings is 1. The predicted octanol–water partition coefficient (Wildman–Crippen LogP) is 2.35. The number of carbonyl (C=O) groups excluding carboxylic acids is 2. The summed E-state index contributed by atoms with van der Waals surface area (Å²) < 4.78 is 2.85. The zero-order valence-corrected chi connectivity index (χ0v) is 15.4. The van der Waals surface area contributed by atoms with Gasteiger partial charge in [-0.15, -0.1) is 0 Å². The molecule has 0 aliphatic heterocycles. The summed E-state index contributed by atoms with van der Waals surface area (Å²) in [4.78, 5) is 38.2. The molecule has 2 fully saturated rings. The van der Waals surface area contributed by atoms with E-state index in [9.17, 15) is 14.4 Å². The molecule has 144 valence electrons. The molecule has 0 spiro atoms. The highest BCUT2D eigenvalue weighted by Crippen LogP contribution is 2.30. The first kappa shape index (κ1) is 17.8. The molecule has 3 N–H and O–H groups in total. The predicted molar refractivity (Wildman–Crippen MR) is 102 cm³/mol. The van der Waals surface area contributed by atoms with Gasteiger partial charge in [-0.25, -0.2) is 14.2 Å². The van der Waals surface area contributed by atoms with Crippen molar-refractivity contribution in [2.45, 2.75) is 63.5 Å². The first-order valence-electron chi connectivity index (χ1n) is 9.84. The van der Waals surface area contributed by atoms with E-state index in [0.717, 1.165) is 42.2 Å². The number of hydrogen-bond acceptors (Lipinski definition) is 3. The van der Waals surface area contributed by atoms with Crippen molar-refractivity contribution in [1.82, 2.24) is 14.5 Å². The van der Waals surface area contributed by atoms with Crippen LogP contribution in [0.1, 0.15) is 51.4 Å².